The summed E-state index contributed by atoms with van der Waals surface area (Å²) in [7, 11) is 1.64. The van der Waals surface area contributed by atoms with Crippen LogP contribution < -0.4 is 4.74 Å². The Labute approximate surface area is 157 Å². The number of nitrogens with zero attached hydrogens (tertiary/aromatic N) is 3. The van der Waals surface area contributed by atoms with Gasteiger partial charge in [-0.15, -0.1) is 0 Å². The van der Waals surface area contributed by atoms with Gasteiger partial charge in [0.15, 0.2) is 0 Å². The zero-order valence-corrected chi connectivity index (χ0v) is 14.9. The molecule has 0 fully saturated rings. The van der Waals surface area contributed by atoms with Gasteiger partial charge in [0.05, 0.1) is 36.7 Å². The molecular formula is C21H18N4O2. The summed E-state index contributed by atoms with van der Waals surface area (Å²) < 4.78 is 5.28. The quantitative estimate of drug-likeness (QED) is 0.780. The van der Waals surface area contributed by atoms with Crippen LogP contribution in [0.5, 0.6) is 5.75 Å². The molecule has 27 heavy (non-hydrogen) atoms. The van der Waals surface area contributed by atoms with Gasteiger partial charge in [0, 0.05) is 24.1 Å². The Bertz CT molecular complexity index is 1030. The van der Waals surface area contributed by atoms with Crippen molar-refractivity contribution in [3.63, 3.8) is 0 Å². The van der Waals surface area contributed by atoms with Gasteiger partial charge >= 0.3 is 0 Å². The van der Waals surface area contributed by atoms with Gasteiger partial charge in [-0.3, -0.25) is 4.79 Å². The highest BCUT2D eigenvalue weighted by atomic mass is 16.5. The monoisotopic (exact) mass is 358 g/mol. The number of nitriles is 1. The van der Waals surface area contributed by atoms with Crippen LogP contribution in [0.2, 0.25) is 0 Å². The van der Waals surface area contributed by atoms with Crippen LogP contribution in [0, 0.1) is 11.3 Å². The van der Waals surface area contributed by atoms with Crippen LogP contribution in [0.25, 0.3) is 11.4 Å². The molecule has 4 rings (SSSR count). The highest BCUT2D eigenvalue weighted by Crippen LogP contribution is 2.26. The number of benzene rings is 2. The molecule has 1 amide bonds. The van der Waals surface area contributed by atoms with Gasteiger partial charge in [0.25, 0.3) is 5.91 Å². The predicted molar refractivity (Wildman–Crippen MR) is 100 cm³/mol. The normalized spacial score (nSPS) is 13.0. The fourth-order valence-corrected chi connectivity index (χ4v) is 3.24. The van der Waals surface area contributed by atoms with Crippen molar-refractivity contribution in [2.24, 2.45) is 0 Å². The first-order chi connectivity index (χ1) is 13.2. The van der Waals surface area contributed by atoms with E-state index in [1.807, 2.05) is 24.3 Å². The van der Waals surface area contributed by atoms with Crippen LogP contribution in [-0.4, -0.2) is 34.4 Å². The lowest BCUT2D eigenvalue weighted by Crippen LogP contribution is -2.36. The van der Waals surface area contributed by atoms with Crippen molar-refractivity contribution < 1.29 is 9.53 Å². The maximum Gasteiger partial charge on any atom is 0.254 e. The summed E-state index contributed by atoms with van der Waals surface area (Å²) >= 11 is 0. The first kappa shape index (κ1) is 16.9. The van der Waals surface area contributed by atoms with Crippen molar-refractivity contribution in [2.75, 3.05) is 13.7 Å². The van der Waals surface area contributed by atoms with Crippen molar-refractivity contribution in [3.05, 3.63) is 71.0 Å². The number of carbonyl (C=O) groups excluding carboxylic acids is 1. The van der Waals surface area contributed by atoms with E-state index in [1.165, 1.54) is 0 Å². The SMILES string of the molecule is COc1cccc(-c2nc3c([nH]2)CN(C(=O)c2ccc(C#N)cc2)CC3)c1. The van der Waals surface area contributed by atoms with Gasteiger partial charge in [-0.25, -0.2) is 4.98 Å². The highest BCUT2D eigenvalue weighted by molar-refractivity contribution is 5.94. The molecule has 0 unspecified atom stereocenters. The molecule has 6 heteroatoms. The summed E-state index contributed by atoms with van der Waals surface area (Å²) in [6.07, 6.45) is 0.706. The second-order valence-electron chi connectivity index (χ2n) is 6.41. The maximum absolute atomic E-state index is 12.8. The average molecular weight is 358 g/mol. The number of aromatic nitrogens is 2. The lowest BCUT2D eigenvalue weighted by molar-refractivity contribution is 0.0732. The Morgan fingerprint density at radius 1 is 1.26 bits per heavy atom. The van der Waals surface area contributed by atoms with Crippen molar-refractivity contribution in [1.82, 2.24) is 14.9 Å². The molecule has 0 saturated heterocycles. The number of imidazole rings is 1. The molecule has 0 spiro atoms. The van der Waals surface area contributed by atoms with Gasteiger partial charge in [-0.05, 0) is 36.4 Å². The van der Waals surface area contributed by atoms with Crippen LogP contribution >= 0.6 is 0 Å². The minimum Gasteiger partial charge on any atom is -0.497 e. The summed E-state index contributed by atoms with van der Waals surface area (Å²) in [4.78, 5) is 22.6. The third-order valence-corrected chi connectivity index (χ3v) is 4.72. The molecule has 0 aliphatic carbocycles. The van der Waals surface area contributed by atoms with E-state index >= 15 is 0 Å². The van der Waals surface area contributed by atoms with E-state index in [4.69, 9.17) is 15.0 Å². The molecule has 1 aliphatic rings. The van der Waals surface area contributed by atoms with E-state index in [0.29, 0.717) is 30.6 Å². The molecule has 1 aromatic heterocycles. The van der Waals surface area contributed by atoms with E-state index in [2.05, 4.69) is 11.1 Å². The second-order valence-corrected chi connectivity index (χ2v) is 6.41. The fourth-order valence-electron chi connectivity index (χ4n) is 3.24. The van der Waals surface area contributed by atoms with Gasteiger partial charge in [-0.1, -0.05) is 12.1 Å². The third-order valence-electron chi connectivity index (χ3n) is 4.72. The van der Waals surface area contributed by atoms with Gasteiger partial charge in [-0.2, -0.15) is 5.26 Å². The summed E-state index contributed by atoms with van der Waals surface area (Å²) in [5.74, 6) is 1.52. The van der Waals surface area contributed by atoms with E-state index in [9.17, 15) is 4.79 Å². The number of carbonyl (C=O) groups is 1. The lowest BCUT2D eigenvalue weighted by atomic mass is 10.1. The Kier molecular flexibility index (Phi) is 4.35. The van der Waals surface area contributed by atoms with E-state index in [0.717, 1.165) is 28.5 Å². The summed E-state index contributed by atoms with van der Waals surface area (Å²) in [5, 5.41) is 8.89. The number of aromatic amines is 1. The third kappa shape index (κ3) is 3.27. The minimum atomic E-state index is -0.0392. The first-order valence-corrected chi connectivity index (χ1v) is 8.69. The molecular weight excluding hydrogens is 340 g/mol. The number of nitrogens with one attached hydrogen (secondary N) is 1. The average Bonchev–Trinajstić information content (AvgIpc) is 3.17. The minimum absolute atomic E-state index is 0.0392. The molecule has 1 N–H and O–H groups in total. The number of rotatable bonds is 3. The molecule has 1 aliphatic heterocycles. The Morgan fingerprint density at radius 2 is 2.07 bits per heavy atom. The molecule has 6 nitrogen and oxygen atoms in total. The van der Waals surface area contributed by atoms with Gasteiger partial charge < -0.3 is 14.6 Å². The van der Waals surface area contributed by atoms with Crippen molar-refractivity contribution in [3.8, 4) is 23.2 Å². The Balaban J connectivity index is 1.55. The zero-order valence-electron chi connectivity index (χ0n) is 14.9. The van der Waals surface area contributed by atoms with Crippen molar-refractivity contribution in [2.45, 2.75) is 13.0 Å². The smallest absolute Gasteiger partial charge is 0.254 e. The molecule has 0 atom stereocenters. The lowest BCUT2D eigenvalue weighted by Gasteiger charge is -2.26. The summed E-state index contributed by atoms with van der Waals surface area (Å²) in [5.41, 5.74) is 4.04. The zero-order chi connectivity index (χ0) is 18.8. The molecule has 2 aromatic carbocycles. The van der Waals surface area contributed by atoms with Crippen molar-refractivity contribution >= 4 is 5.91 Å². The number of amides is 1. The van der Waals surface area contributed by atoms with Crippen LogP contribution in [0.3, 0.4) is 0 Å². The molecule has 3 aromatic rings. The number of hydrogen-bond donors (Lipinski definition) is 1. The van der Waals surface area contributed by atoms with E-state index in [-0.39, 0.29) is 5.91 Å². The number of hydrogen-bond acceptors (Lipinski definition) is 4. The number of H-pyrrole nitrogens is 1. The largest absolute Gasteiger partial charge is 0.497 e. The van der Waals surface area contributed by atoms with E-state index in [1.54, 1.807) is 36.3 Å². The van der Waals surface area contributed by atoms with Crippen LogP contribution in [0.15, 0.2) is 48.5 Å². The van der Waals surface area contributed by atoms with Crippen LogP contribution in [-0.2, 0) is 13.0 Å². The van der Waals surface area contributed by atoms with Crippen LogP contribution in [0.4, 0.5) is 0 Å². The second kappa shape index (κ2) is 6.96. The van der Waals surface area contributed by atoms with Crippen molar-refractivity contribution in [1.29, 1.82) is 5.26 Å². The first-order valence-electron chi connectivity index (χ1n) is 8.69. The van der Waals surface area contributed by atoms with Crippen LogP contribution in [0.1, 0.15) is 27.3 Å². The fraction of sp³-hybridized carbons (Fsp3) is 0.190. The highest BCUT2D eigenvalue weighted by Gasteiger charge is 2.25. The predicted octanol–water partition coefficient (Wildman–Crippen LogP) is 3.16. The molecule has 0 saturated carbocycles. The molecule has 0 radical (unpaired) electrons. The standard InChI is InChI=1S/C21H18N4O2/c1-27-17-4-2-3-16(11-17)20-23-18-9-10-25(13-19(18)24-20)21(26)15-7-5-14(12-22)6-8-15/h2-8,11H,9-10,13H2,1H3,(H,23,24). The maximum atomic E-state index is 12.8. The number of ether oxygens (including phenoxy) is 1. The number of fused-ring (bicyclic) bond motifs is 1. The molecule has 0 bridgehead atoms. The van der Waals surface area contributed by atoms with Gasteiger partial charge in [0.1, 0.15) is 11.6 Å². The summed E-state index contributed by atoms with van der Waals surface area (Å²) in [6.45, 7) is 1.11. The van der Waals surface area contributed by atoms with E-state index < -0.39 is 0 Å². The Morgan fingerprint density at radius 3 is 2.81 bits per heavy atom. The van der Waals surface area contributed by atoms with Gasteiger partial charge in [0.2, 0.25) is 0 Å². The topological polar surface area (TPSA) is 82.0 Å². The molecule has 2 heterocycles. The molecule has 134 valence electrons. The summed E-state index contributed by atoms with van der Waals surface area (Å²) in [6, 6.07) is 16.5. The Hall–Kier alpha value is -3.59. The number of methoxy groups -OCH3 is 1.